The maximum atomic E-state index is 12.4. The molecule has 8 heteroatoms. The van der Waals surface area contributed by atoms with Gasteiger partial charge in [-0.05, 0) is 24.1 Å². The largest absolute Gasteiger partial charge is 0.393 e. The molecule has 1 aliphatic heterocycles. The van der Waals surface area contributed by atoms with Gasteiger partial charge in [0.1, 0.15) is 6.04 Å². The molecule has 1 saturated heterocycles. The van der Waals surface area contributed by atoms with E-state index in [1.54, 1.807) is 6.92 Å². The molecule has 1 aromatic rings. The van der Waals surface area contributed by atoms with E-state index in [1.807, 2.05) is 0 Å². The molecule has 0 bridgehead atoms. The second-order valence-corrected chi connectivity index (χ2v) is 5.33. The van der Waals surface area contributed by atoms with E-state index in [1.165, 1.54) is 29.2 Å². The number of benzene rings is 1. The van der Waals surface area contributed by atoms with Crippen LogP contribution in [0.25, 0.3) is 0 Å². The van der Waals surface area contributed by atoms with Crippen LogP contribution >= 0.6 is 0 Å². The van der Waals surface area contributed by atoms with Gasteiger partial charge in [-0.25, -0.2) is 4.79 Å². The molecule has 126 valence electrons. The van der Waals surface area contributed by atoms with E-state index in [2.05, 4.69) is 10.6 Å². The van der Waals surface area contributed by atoms with Gasteiger partial charge in [0.2, 0.25) is 5.91 Å². The molecule has 3 amide bonds. The van der Waals surface area contributed by atoms with E-state index < -0.39 is 24.7 Å². The van der Waals surface area contributed by atoms with Crippen molar-refractivity contribution in [1.82, 2.24) is 10.2 Å². The highest BCUT2D eigenvalue weighted by Crippen LogP contribution is 2.23. The summed E-state index contributed by atoms with van der Waals surface area (Å²) in [4.78, 5) is 25.4. The Morgan fingerprint density at radius 3 is 2.83 bits per heavy atom. The molecule has 0 spiro atoms. The fourth-order valence-corrected chi connectivity index (χ4v) is 2.55. The molecule has 0 aliphatic carbocycles. The number of piperazine rings is 1. The number of alkyl halides is 3. The van der Waals surface area contributed by atoms with Crippen LogP contribution in [0.2, 0.25) is 0 Å². The number of carbonyl (C=O) groups excluding carboxylic acids is 2. The van der Waals surface area contributed by atoms with Crippen LogP contribution in [0.1, 0.15) is 18.9 Å². The number of rotatable bonds is 3. The first-order valence-electron chi connectivity index (χ1n) is 7.31. The molecule has 0 saturated carbocycles. The van der Waals surface area contributed by atoms with Crippen molar-refractivity contribution in [3.8, 4) is 0 Å². The first kappa shape index (κ1) is 17.1. The highest BCUT2D eigenvalue weighted by atomic mass is 19.4. The normalized spacial score (nSPS) is 18.5. The summed E-state index contributed by atoms with van der Waals surface area (Å²) in [7, 11) is 0. The predicted molar refractivity (Wildman–Crippen MR) is 79.0 cm³/mol. The standard InChI is InChI=1S/C15H18F3N3O2/c1-2-12-13(22)19-6-7-21(12)14(23)20-11-5-3-4-10(8-11)9-15(16,17)18/h3-5,8,12H,2,6-7,9H2,1H3,(H,19,22)(H,20,23). The van der Waals surface area contributed by atoms with E-state index in [4.69, 9.17) is 0 Å². The van der Waals surface area contributed by atoms with Crippen molar-refractivity contribution >= 4 is 17.6 Å². The van der Waals surface area contributed by atoms with Gasteiger partial charge >= 0.3 is 12.2 Å². The Bertz CT molecular complexity index is 590. The second kappa shape index (κ2) is 6.89. The Kier molecular flexibility index (Phi) is 5.12. The van der Waals surface area contributed by atoms with Crippen LogP contribution in [-0.2, 0) is 11.2 Å². The number of nitrogens with one attached hydrogen (secondary N) is 2. The average Bonchev–Trinajstić information content (AvgIpc) is 2.45. The highest BCUT2D eigenvalue weighted by molar-refractivity contribution is 5.94. The van der Waals surface area contributed by atoms with Gasteiger partial charge in [0, 0.05) is 18.8 Å². The summed E-state index contributed by atoms with van der Waals surface area (Å²) in [5.74, 6) is -0.222. The zero-order valence-electron chi connectivity index (χ0n) is 12.6. The fourth-order valence-electron chi connectivity index (χ4n) is 2.55. The Hall–Kier alpha value is -2.25. The summed E-state index contributed by atoms with van der Waals surface area (Å²) >= 11 is 0. The number of anilines is 1. The molecule has 1 atom stereocenters. The van der Waals surface area contributed by atoms with Gasteiger partial charge in [-0.2, -0.15) is 13.2 Å². The number of halogens is 3. The third kappa shape index (κ3) is 4.61. The maximum Gasteiger partial charge on any atom is 0.393 e. The van der Waals surface area contributed by atoms with Crippen LogP contribution in [0.4, 0.5) is 23.7 Å². The van der Waals surface area contributed by atoms with Crippen molar-refractivity contribution in [2.24, 2.45) is 0 Å². The molecule has 1 fully saturated rings. The number of urea groups is 1. The lowest BCUT2D eigenvalue weighted by atomic mass is 10.1. The number of hydrogen-bond acceptors (Lipinski definition) is 2. The molecule has 1 aromatic carbocycles. The van der Waals surface area contributed by atoms with Gasteiger partial charge in [-0.1, -0.05) is 19.1 Å². The smallest absolute Gasteiger partial charge is 0.353 e. The van der Waals surface area contributed by atoms with Gasteiger partial charge < -0.3 is 15.5 Å². The van der Waals surface area contributed by atoms with Gasteiger partial charge in [0.05, 0.1) is 6.42 Å². The molecule has 23 heavy (non-hydrogen) atoms. The summed E-state index contributed by atoms with van der Waals surface area (Å²) in [6.07, 6.45) is -4.89. The number of nitrogens with zero attached hydrogens (tertiary/aromatic N) is 1. The zero-order chi connectivity index (χ0) is 17.0. The minimum absolute atomic E-state index is 0.0683. The van der Waals surface area contributed by atoms with Crippen LogP contribution in [0.3, 0.4) is 0 Å². The molecular formula is C15H18F3N3O2. The first-order valence-corrected chi connectivity index (χ1v) is 7.31. The van der Waals surface area contributed by atoms with Crippen LogP contribution in [0.15, 0.2) is 24.3 Å². The van der Waals surface area contributed by atoms with Crippen LogP contribution in [0.5, 0.6) is 0 Å². The van der Waals surface area contributed by atoms with Crippen molar-refractivity contribution in [2.75, 3.05) is 18.4 Å². The summed E-state index contributed by atoms with van der Waals surface area (Å²) < 4.78 is 37.3. The Morgan fingerprint density at radius 1 is 1.43 bits per heavy atom. The summed E-state index contributed by atoms with van der Waals surface area (Å²) in [5, 5.41) is 5.24. The number of amides is 3. The minimum Gasteiger partial charge on any atom is -0.353 e. The lowest BCUT2D eigenvalue weighted by Gasteiger charge is -2.34. The van der Waals surface area contributed by atoms with Crippen LogP contribution < -0.4 is 10.6 Å². The molecule has 5 nitrogen and oxygen atoms in total. The fraction of sp³-hybridized carbons (Fsp3) is 0.467. The highest BCUT2D eigenvalue weighted by Gasteiger charge is 2.32. The Morgan fingerprint density at radius 2 is 2.17 bits per heavy atom. The number of hydrogen-bond donors (Lipinski definition) is 2. The SMILES string of the molecule is CCC1C(=O)NCCN1C(=O)Nc1cccc(CC(F)(F)F)c1. The Labute approximate surface area is 131 Å². The van der Waals surface area contributed by atoms with E-state index >= 15 is 0 Å². The van der Waals surface area contributed by atoms with Crippen molar-refractivity contribution in [3.05, 3.63) is 29.8 Å². The molecule has 1 heterocycles. The lowest BCUT2D eigenvalue weighted by Crippen LogP contribution is -2.57. The molecule has 2 N–H and O–H groups in total. The summed E-state index contributed by atoms with van der Waals surface area (Å²) in [5.41, 5.74) is 0.344. The maximum absolute atomic E-state index is 12.4. The van der Waals surface area contributed by atoms with Crippen molar-refractivity contribution < 1.29 is 22.8 Å². The summed E-state index contributed by atoms with van der Waals surface area (Å²) in [6, 6.07) is 4.56. The van der Waals surface area contributed by atoms with E-state index in [-0.39, 0.29) is 17.2 Å². The molecule has 2 rings (SSSR count). The lowest BCUT2D eigenvalue weighted by molar-refractivity contribution is -0.128. The van der Waals surface area contributed by atoms with E-state index in [0.717, 1.165) is 0 Å². The quantitative estimate of drug-likeness (QED) is 0.895. The first-order chi connectivity index (χ1) is 10.8. The third-order valence-corrected chi connectivity index (χ3v) is 3.56. The second-order valence-electron chi connectivity index (χ2n) is 5.33. The molecule has 0 aromatic heterocycles. The zero-order valence-corrected chi connectivity index (χ0v) is 12.6. The van der Waals surface area contributed by atoms with Crippen molar-refractivity contribution in [3.63, 3.8) is 0 Å². The van der Waals surface area contributed by atoms with Crippen LogP contribution in [0, 0.1) is 0 Å². The van der Waals surface area contributed by atoms with Gasteiger partial charge in [0.15, 0.2) is 0 Å². The summed E-state index contributed by atoms with van der Waals surface area (Å²) in [6.45, 7) is 2.51. The van der Waals surface area contributed by atoms with Gasteiger partial charge in [-0.15, -0.1) is 0 Å². The monoisotopic (exact) mass is 329 g/mol. The van der Waals surface area contributed by atoms with Crippen LogP contribution in [-0.4, -0.2) is 42.1 Å². The number of carbonyl (C=O) groups is 2. The van der Waals surface area contributed by atoms with Crippen molar-refractivity contribution in [1.29, 1.82) is 0 Å². The van der Waals surface area contributed by atoms with E-state index in [9.17, 15) is 22.8 Å². The predicted octanol–water partition coefficient (Wildman–Crippen LogP) is 2.53. The molecule has 0 radical (unpaired) electrons. The molecule has 1 aliphatic rings. The van der Waals surface area contributed by atoms with E-state index in [0.29, 0.717) is 19.5 Å². The third-order valence-electron chi connectivity index (χ3n) is 3.56. The topological polar surface area (TPSA) is 61.4 Å². The van der Waals surface area contributed by atoms with Gasteiger partial charge in [0.25, 0.3) is 0 Å². The molecular weight excluding hydrogens is 311 g/mol. The minimum atomic E-state index is -4.30. The molecule has 1 unspecified atom stereocenters. The van der Waals surface area contributed by atoms with Crippen molar-refractivity contribution in [2.45, 2.75) is 32.0 Å². The van der Waals surface area contributed by atoms with Gasteiger partial charge in [-0.3, -0.25) is 4.79 Å². The Balaban J connectivity index is 2.07. The average molecular weight is 329 g/mol.